The van der Waals surface area contributed by atoms with Crippen molar-refractivity contribution in [2.75, 3.05) is 5.73 Å². The molecule has 2 aromatic carbocycles. The number of H-pyrrole nitrogens is 1. The largest absolute Gasteiger partial charge is 0.399 e. The van der Waals surface area contributed by atoms with Crippen LogP contribution >= 0.6 is 11.6 Å². The van der Waals surface area contributed by atoms with Crippen LogP contribution in [0.1, 0.15) is 5.56 Å². The van der Waals surface area contributed by atoms with E-state index in [0.717, 1.165) is 33.7 Å². The van der Waals surface area contributed by atoms with Crippen molar-refractivity contribution >= 4 is 28.3 Å². The highest BCUT2D eigenvalue weighted by Crippen LogP contribution is 2.26. The average Bonchev–Trinajstić information content (AvgIpc) is 2.71. The molecule has 0 radical (unpaired) electrons. The van der Waals surface area contributed by atoms with Gasteiger partial charge in [-0.1, -0.05) is 11.6 Å². The van der Waals surface area contributed by atoms with Crippen LogP contribution < -0.4 is 5.73 Å². The predicted octanol–water partition coefficient (Wildman–Crippen LogP) is 3.77. The summed E-state index contributed by atoms with van der Waals surface area (Å²) in [7, 11) is 0. The lowest BCUT2D eigenvalue weighted by molar-refractivity contribution is 1.31. The molecule has 0 amide bonds. The smallest absolute Gasteiger partial charge is 0.138 e. The molecule has 3 N–H and O–H groups in total. The molecule has 0 fully saturated rings. The zero-order valence-electron chi connectivity index (χ0n) is 9.87. The second-order valence-corrected chi connectivity index (χ2v) is 4.76. The Morgan fingerprint density at radius 2 is 2.00 bits per heavy atom. The topological polar surface area (TPSA) is 54.7 Å². The van der Waals surface area contributed by atoms with Gasteiger partial charge >= 0.3 is 0 Å². The predicted molar refractivity (Wildman–Crippen MR) is 75.7 cm³/mol. The van der Waals surface area contributed by atoms with E-state index in [0.29, 0.717) is 5.02 Å². The number of aromatic amines is 1. The summed E-state index contributed by atoms with van der Waals surface area (Å²) in [6.07, 6.45) is 0. The minimum Gasteiger partial charge on any atom is -0.399 e. The minimum absolute atomic E-state index is 0.701. The highest BCUT2D eigenvalue weighted by Gasteiger charge is 2.08. The van der Waals surface area contributed by atoms with Gasteiger partial charge in [-0.25, -0.2) is 4.98 Å². The van der Waals surface area contributed by atoms with Crippen LogP contribution in [-0.2, 0) is 0 Å². The highest BCUT2D eigenvalue weighted by atomic mass is 35.5. The first-order valence-corrected chi connectivity index (χ1v) is 6.03. The van der Waals surface area contributed by atoms with E-state index in [9.17, 15) is 0 Å². The molecule has 0 saturated heterocycles. The van der Waals surface area contributed by atoms with Crippen molar-refractivity contribution in [1.29, 1.82) is 0 Å². The van der Waals surface area contributed by atoms with Crippen molar-refractivity contribution in [2.24, 2.45) is 0 Å². The van der Waals surface area contributed by atoms with Gasteiger partial charge in [0, 0.05) is 16.3 Å². The molecule has 3 rings (SSSR count). The molecule has 1 aromatic heterocycles. The summed E-state index contributed by atoms with van der Waals surface area (Å²) in [5.41, 5.74) is 10.5. The van der Waals surface area contributed by atoms with Crippen LogP contribution in [-0.4, -0.2) is 9.97 Å². The third kappa shape index (κ3) is 1.83. The Morgan fingerprint density at radius 3 is 2.78 bits per heavy atom. The maximum absolute atomic E-state index is 5.96. The molecule has 18 heavy (non-hydrogen) atoms. The van der Waals surface area contributed by atoms with E-state index >= 15 is 0 Å². The number of imidazole rings is 1. The zero-order valence-corrected chi connectivity index (χ0v) is 10.6. The van der Waals surface area contributed by atoms with E-state index in [2.05, 4.69) is 9.97 Å². The first kappa shape index (κ1) is 11.1. The number of fused-ring (bicyclic) bond motifs is 1. The molecule has 0 saturated carbocycles. The SMILES string of the molecule is Cc1cc(N)ccc1-c1nc2ccc(Cl)cc2[nH]1. The van der Waals surface area contributed by atoms with Gasteiger partial charge in [-0.2, -0.15) is 0 Å². The van der Waals surface area contributed by atoms with Crippen LogP contribution in [0.3, 0.4) is 0 Å². The number of halogens is 1. The molecule has 1 heterocycles. The van der Waals surface area contributed by atoms with Gasteiger partial charge in [-0.15, -0.1) is 0 Å². The molecule has 0 bridgehead atoms. The molecule has 0 aliphatic carbocycles. The number of nitrogens with zero attached hydrogens (tertiary/aromatic N) is 1. The second kappa shape index (κ2) is 4.03. The maximum atomic E-state index is 5.96. The first-order chi connectivity index (χ1) is 8.63. The maximum Gasteiger partial charge on any atom is 0.138 e. The van der Waals surface area contributed by atoms with Crippen LogP contribution in [0.5, 0.6) is 0 Å². The third-order valence-corrected chi connectivity index (χ3v) is 3.18. The standard InChI is InChI=1S/C14H12ClN3/c1-8-6-10(16)3-4-11(8)14-17-12-5-2-9(15)7-13(12)18-14/h2-7H,16H2,1H3,(H,17,18). The van der Waals surface area contributed by atoms with E-state index in [1.54, 1.807) is 0 Å². The van der Waals surface area contributed by atoms with E-state index in [1.165, 1.54) is 0 Å². The Morgan fingerprint density at radius 1 is 1.17 bits per heavy atom. The first-order valence-electron chi connectivity index (χ1n) is 5.65. The number of rotatable bonds is 1. The van der Waals surface area contributed by atoms with Gasteiger partial charge < -0.3 is 10.7 Å². The molecule has 0 unspecified atom stereocenters. The van der Waals surface area contributed by atoms with Crippen LogP contribution in [0.25, 0.3) is 22.4 Å². The zero-order chi connectivity index (χ0) is 12.7. The van der Waals surface area contributed by atoms with E-state index in [1.807, 2.05) is 43.3 Å². The van der Waals surface area contributed by atoms with Crippen molar-refractivity contribution in [3.8, 4) is 11.4 Å². The number of nitrogen functional groups attached to an aromatic ring is 1. The molecule has 0 atom stereocenters. The summed E-state index contributed by atoms with van der Waals surface area (Å²) in [4.78, 5) is 7.84. The van der Waals surface area contributed by atoms with E-state index < -0.39 is 0 Å². The minimum atomic E-state index is 0.701. The van der Waals surface area contributed by atoms with Gasteiger partial charge in [0.25, 0.3) is 0 Å². The van der Waals surface area contributed by atoms with Crippen LogP contribution in [0.4, 0.5) is 5.69 Å². The molecule has 0 aliphatic heterocycles. The Balaban J connectivity index is 2.19. The van der Waals surface area contributed by atoms with Gasteiger partial charge in [0.05, 0.1) is 11.0 Å². The van der Waals surface area contributed by atoms with E-state index in [4.69, 9.17) is 17.3 Å². The fourth-order valence-corrected chi connectivity index (χ4v) is 2.23. The summed E-state index contributed by atoms with van der Waals surface area (Å²) in [6, 6.07) is 11.4. The number of hydrogen-bond donors (Lipinski definition) is 2. The van der Waals surface area contributed by atoms with Gasteiger partial charge in [0.1, 0.15) is 5.82 Å². The number of aryl methyl sites for hydroxylation is 1. The molecule has 4 heteroatoms. The fourth-order valence-electron chi connectivity index (χ4n) is 2.06. The van der Waals surface area contributed by atoms with Gasteiger partial charge in [0.15, 0.2) is 0 Å². The summed E-state index contributed by atoms with van der Waals surface area (Å²) >= 11 is 5.96. The van der Waals surface area contributed by atoms with Crippen molar-refractivity contribution in [3.63, 3.8) is 0 Å². The Hall–Kier alpha value is -2.00. The van der Waals surface area contributed by atoms with Crippen LogP contribution in [0, 0.1) is 6.92 Å². The lowest BCUT2D eigenvalue weighted by Gasteiger charge is -2.03. The Labute approximate surface area is 110 Å². The number of benzene rings is 2. The number of anilines is 1. The Bertz CT molecular complexity index is 731. The molecule has 0 aliphatic rings. The van der Waals surface area contributed by atoms with Crippen molar-refractivity contribution < 1.29 is 0 Å². The highest BCUT2D eigenvalue weighted by molar-refractivity contribution is 6.31. The van der Waals surface area contributed by atoms with Crippen LogP contribution in [0.15, 0.2) is 36.4 Å². The third-order valence-electron chi connectivity index (χ3n) is 2.95. The van der Waals surface area contributed by atoms with Gasteiger partial charge in [0.2, 0.25) is 0 Å². The van der Waals surface area contributed by atoms with Crippen molar-refractivity contribution in [3.05, 3.63) is 47.0 Å². The second-order valence-electron chi connectivity index (χ2n) is 4.32. The van der Waals surface area contributed by atoms with Gasteiger partial charge in [-0.05, 0) is 48.9 Å². The van der Waals surface area contributed by atoms with Crippen molar-refractivity contribution in [1.82, 2.24) is 9.97 Å². The van der Waals surface area contributed by atoms with Crippen molar-refractivity contribution in [2.45, 2.75) is 6.92 Å². The molecular weight excluding hydrogens is 246 g/mol. The lowest BCUT2D eigenvalue weighted by Crippen LogP contribution is -1.89. The van der Waals surface area contributed by atoms with Gasteiger partial charge in [-0.3, -0.25) is 0 Å². The summed E-state index contributed by atoms with van der Waals surface area (Å²) in [5.74, 6) is 0.838. The summed E-state index contributed by atoms with van der Waals surface area (Å²) in [6.45, 7) is 2.02. The quantitative estimate of drug-likeness (QED) is 0.652. The summed E-state index contributed by atoms with van der Waals surface area (Å²) < 4.78 is 0. The average molecular weight is 258 g/mol. The summed E-state index contributed by atoms with van der Waals surface area (Å²) in [5, 5.41) is 0.701. The number of aromatic nitrogens is 2. The molecular formula is C14H12ClN3. The molecule has 0 spiro atoms. The van der Waals surface area contributed by atoms with E-state index in [-0.39, 0.29) is 0 Å². The molecule has 3 nitrogen and oxygen atoms in total. The fraction of sp³-hybridized carbons (Fsp3) is 0.0714. The molecule has 90 valence electrons. The number of nitrogens with two attached hydrogens (primary N) is 1. The molecule has 3 aromatic rings. The number of hydrogen-bond acceptors (Lipinski definition) is 2. The number of nitrogens with one attached hydrogen (secondary N) is 1. The Kier molecular flexibility index (Phi) is 2.49. The van der Waals surface area contributed by atoms with Crippen LogP contribution in [0.2, 0.25) is 5.02 Å². The normalized spacial score (nSPS) is 11.0. The monoisotopic (exact) mass is 257 g/mol. The lowest BCUT2D eigenvalue weighted by atomic mass is 10.1.